The summed E-state index contributed by atoms with van der Waals surface area (Å²) >= 11 is -3.11. The summed E-state index contributed by atoms with van der Waals surface area (Å²) in [6.07, 6.45) is -1.23. The van der Waals surface area contributed by atoms with E-state index in [1.807, 2.05) is 0 Å². The molecule has 0 spiro atoms. The third-order valence-corrected chi connectivity index (χ3v) is 0.357. The van der Waals surface area contributed by atoms with Crippen molar-refractivity contribution in [2.75, 3.05) is 0 Å². The Labute approximate surface area is 83.1 Å². The molecule has 0 radical (unpaired) electrons. The first-order valence-electron chi connectivity index (χ1n) is 2.31. The normalized spacial score (nSPS) is 12.9. The molecule has 0 aromatic carbocycles. The van der Waals surface area contributed by atoms with E-state index in [0.29, 0.717) is 0 Å². The molecule has 2 N–H and O–H groups in total. The van der Waals surface area contributed by atoms with Gasteiger partial charge in [0.1, 0.15) is 6.10 Å². The number of aliphatic carboxylic acids is 1. The number of rotatable bonds is 1. The Hall–Kier alpha value is 1.30. The van der Waals surface area contributed by atoms with E-state index in [0.717, 1.165) is 0 Å². The first-order chi connectivity index (χ1) is 4.64. The van der Waals surface area contributed by atoms with Crippen LogP contribution in [0.2, 0.25) is 0 Å². The van der Waals surface area contributed by atoms with Crippen molar-refractivity contribution in [1.29, 1.82) is 0 Å². The van der Waals surface area contributed by atoms with E-state index >= 15 is 0 Å². The van der Waals surface area contributed by atoms with Crippen molar-refractivity contribution < 1.29 is 27.4 Å². The van der Waals surface area contributed by atoms with Crippen molar-refractivity contribution in [3.63, 3.8) is 0 Å². The quantitative estimate of drug-likeness (QED) is 0.724. The first-order valence-corrected chi connectivity index (χ1v) is 10.9. The summed E-state index contributed by atoms with van der Waals surface area (Å²) in [6, 6.07) is 0. The van der Waals surface area contributed by atoms with E-state index in [1.165, 1.54) is 6.92 Å². The second-order valence-electron chi connectivity index (χ2n) is 1.44. The summed E-state index contributed by atoms with van der Waals surface area (Å²) in [5.41, 5.74) is 0. The van der Waals surface area contributed by atoms with Crippen LogP contribution in [0.3, 0.4) is 0 Å². The maximum absolute atomic E-state index is 9.45. The average Bonchev–Trinajstić information content (AvgIpc) is 1.59. The predicted molar refractivity (Wildman–Crippen MR) is 42.7 cm³/mol. The molecule has 0 aliphatic rings. The van der Waals surface area contributed by atoms with Crippen LogP contribution >= 0.6 is 37.2 Å². The van der Waals surface area contributed by atoms with Crippen LogP contribution in [0.5, 0.6) is 0 Å². The number of aliphatic hydroxyl groups is 1. The van der Waals surface area contributed by atoms with Crippen LogP contribution in [0, 0.1) is 0 Å². The summed E-state index contributed by atoms with van der Waals surface area (Å²) in [7, 11) is 20.1. The molecule has 0 amide bonds. The van der Waals surface area contributed by atoms with Gasteiger partial charge < -0.3 is 10.2 Å². The second kappa shape index (κ2) is 6.78. The standard InChI is InChI=1S/C3H6O3.4ClH.Ti/c1-2(4)3(5)6;;;;;/h2,4H,1H3,(H,5,6);4*1H;/q;;;;;+4/p-4. The van der Waals surface area contributed by atoms with Crippen molar-refractivity contribution in [2.45, 2.75) is 13.0 Å². The molecule has 8 heteroatoms. The number of carboxylic acids is 1. The van der Waals surface area contributed by atoms with Crippen LogP contribution in [0.1, 0.15) is 6.92 Å². The van der Waals surface area contributed by atoms with Gasteiger partial charge >= 0.3 is 55.5 Å². The molecule has 0 fully saturated rings. The van der Waals surface area contributed by atoms with Gasteiger partial charge in [-0.25, -0.2) is 4.79 Å². The second-order valence-corrected chi connectivity index (χ2v) is 16.9. The van der Waals surface area contributed by atoms with Gasteiger partial charge in [-0.1, -0.05) is 0 Å². The average molecular weight is 280 g/mol. The molecule has 0 saturated heterocycles. The van der Waals surface area contributed by atoms with Crippen molar-refractivity contribution in [3.8, 4) is 0 Å². The minimum absolute atomic E-state index is 1.19. The summed E-state index contributed by atoms with van der Waals surface area (Å²) in [6.45, 7) is 1.20. The Morgan fingerprint density at radius 2 is 1.45 bits per heavy atom. The molecule has 0 saturated carbocycles. The van der Waals surface area contributed by atoms with E-state index in [9.17, 15) is 4.79 Å². The summed E-state index contributed by atoms with van der Waals surface area (Å²) in [4.78, 5) is 9.45. The monoisotopic (exact) mass is 278 g/mol. The molecule has 0 bridgehead atoms. The fourth-order valence-electron chi connectivity index (χ4n) is 0. The molecule has 0 aromatic rings. The fraction of sp³-hybridized carbons (Fsp3) is 0.667. The van der Waals surface area contributed by atoms with Gasteiger partial charge in [-0.3, -0.25) is 0 Å². The van der Waals surface area contributed by atoms with Gasteiger partial charge in [0.15, 0.2) is 0 Å². The topological polar surface area (TPSA) is 57.5 Å². The zero-order chi connectivity index (χ0) is 9.65. The molecule has 0 heterocycles. The molecule has 68 valence electrons. The SMILES string of the molecule is CC(O)C(=O)O.[Cl][Ti]([Cl])([Cl])[Cl]. The number of aliphatic hydroxyl groups excluding tert-OH is 1. The van der Waals surface area contributed by atoms with E-state index in [4.69, 9.17) is 47.4 Å². The summed E-state index contributed by atoms with van der Waals surface area (Å²) in [5, 5.41) is 15.8. The Morgan fingerprint density at radius 3 is 1.45 bits per heavy atom. The van der Waals surface area contributed by atoms with Crippen LogP contribution in [0.4, 0.5) is 0 Å². The number of hydrogen-bond donors (Lipinski definition) is 2. The van der Waals surface area contributed by atoms with Gasteiger partial charge in [0, 0.05) is 0 Å². The molecular formula is C3H6Cl4O3Ti. The van der Waals surface area contributed by atoms with Crippen molar-refractivity contribution in [1.82, 2.24) is 0 Å². The Bertz CT molecular complexity index is 116. The summed E-state index contributed by atoms with van der Waals surface area (Å²) < 4.78 is 0. The Morgan fingerprint density at radius 1 is 1.36 bits per heavy atom. The molecule has 0 aliphatic heterocycles. The number of halogens is 4. The fourth-order valence-corrected chi connectivity index (χ4v) is 0. The molecule has 0 aliphatic carbocycles. The third kappa shape index (κ3) is 34.8. The number of carboxylic acid groups (broad SMARTS) is 1. The number of carbonyl (C=O) groups is 1. The van der Waals surface area contributed by atoms with Crippen LogP contribution < -0.4 is 0 Å². The minimum atomic E-state index is -3.11. The van der Waals surface area contributed by atoms with Crippen molar-refractivity contribution >= 4 is 43.2 Å². The molecule has 3 nitrogen and oxygen atoms in total. The third-order valence-electron chi connectivity index (χ3n) is 0.357. The molecule has 1 unspecified atom stereocenters. The summed E-state index contributed by atoms with van der Waals surface area (Å²) in [5.74, 6) is -1.19. The van der Waals surface area contributed by atoms with Crippen LogP contribution in [0.15, 0.2) is 0 Å². The van der Waals surface area contributed by atoms with Gasteiger partial charge in [0.05, 0.1) is 0 Å². The molecule has 0 rings (SSSR count). The van der Waals surface area contributed by atoms with Gasteiger partial charge in [-0.05, 0) is 6.92 Å². The van der Waals surface area contributed by atoms with Gasteiger partial charge in [0.2, 0.25) is 0 Å². The van der Waals surface area contributed by atoms with E-state index in [2.05, 4.69) is 0 Å². The van der Waals surface area contributed by atoms with Crippen molar-refractivity contribution in [2.24, 2.45) is 0 Å². The zero-order valence-electron chi connectivity index (χ0n) is 5.39. The molecular weight excluding hydrogens is 274 g/mol. The van der Waals surface area contributed by atoms with Crippen LogP contribution in [0.25, 0.3) is 0 Å². The van der Waals surface area contributed by atoms with Gasteiger partial charge in [-0.15, -0.1) is 0 Å². The van der Waals surface area contributed by atoms with Crippen LogP contribution in [-0.4, -0.2) is 22.3 Å². The Kier molecular flexibility index (Phi) is 9.13. The molecule has 1 atom stereocenters. The zero-order valence-corrected chi connectivity index (χ0v) is 9.98. The van der Waals surface area contributed by atoms with Gasteiger partial charge in [-0.2, -0.15) is 0 Å². The first kappa shape index (κ1) is 14.8. The Balaban J connectivity index is 0. The number of hydrogen-bond acceptors (Lipinski definition) is 2. The van der Waals surface area contributed by atoms with Gasteiger partial charge in [0.25, 0.3) is 0 Å². The van der Waals surface area contributed by atoms with Crippen molar-refractivity contribution in [3.05, 3.63) is 0 Å². The van der Waals surface area contributed by atoms with E-state index in [1.54, 1.807) is 0 Å². The van der Waals surface area contributed by atoms with Crippen LogP contribution in [-0.2, 0) is 17.1 Å². The van der Waals surface area contributed by atoms with E-state index in [-0.39, 0.29) is 0 Å². The molecule has 11 heavy (non-hydrogen) atoms. The molecule has 0 aromatic heterocycles. The predicted octanol–water partition coefficient (Wildman–Crippen LogP) is 2.21. The maximum atomic E-state index is 9.45. The van der Waals surface area contributed by atoms with E-state index < -0.39 is 24.4 Å².